The Bertz CT molecular complexity index is 1200. The quantitative estimate of drug-likeness (QED) is 0.334. The van der Waals surface area contributed by atoms with Crippen LogP contribution < -0.4 is 5.32 Å². The van der Waals surface area contributed by atoms with E-state index in [0.717, 1.165) is 12.0 Å². The maximum absolute atomic E-state index is 12.4. The summed E-state index contributed by atoms with van der Waals surface area (Å²) in [5.41, 5.74) is 5.60. The molecule has 2 aromatic carbocycles. The van der Waals surface area contributed by atoms with Crippen molar-refractivity contribution in [1.82, 2.24) is 15.2 Å². The molecule has 0 radical (unpaired) electrons. The van der Waals surface area contributed by atoms with Crippen molar-refractivity contribution < 1.29 is 19.4 Å². The predicted octanol–water partition coefficient (Wildman–Crippen LogP) is 4.91. The van der Waals surface area contributed by atoms with Crippen LogP contribution in [0.1, 0.15) is 41.4 Å². The van der Waals surface area contributed by atoms with Gasteiger partial charge in [-0.1, -0.05) is 66.2 Å². The number of benzene rings is 2. The third-order valence-corrected chi connectivity index (χ3v) is 7.39. The van der Waals surface area contributed by atoms with Gasteiger partial charge in [0.25, 0.3) is 0 Å². The third-order valence-electron chi connectivity index (χ3n) is 7.17. The number of hydrogen-bond donors (Lipinski definition) is 2. The molecule has 7 nitrogen and oxygen atoms in total. The number of aromatic nitrogens is 1. The molecule has 1 saturated heterocycles. The monoisotopic (exact) mass is 505 g/mol. The minimum absolute atomic E-state index is 0.0170. The number of nitrogens with zero attached hydrogens (tertiary/aromatic N) is 2. The molecule has 0 bridgehead atoms. The van der Waals surface area contributed by atoms with E-state index >= 15 is 0 Å². The lowest BCUT2D eigenvalue weighted by Crippen LogP contribution is -2.40. The highest BCUT2D eigenvalue weighted by Gasteiger charge is 2.40. The first-order valence-electron chi connectivity index (χ1n) is 12.2. The van der Waals surface area contributed by atoms with Crippen LogP contribution in [0.2, 0.25) is 5.15 Å². The van der Waals surface area contributed by atoms with Gasteiger partial charge in [0, 0.05) is 31.1 Å². The number of halogens is 1. The molecule has 36 heavy (non-hydrogen) atoms. The van der Waals surface area contributed by atoms with Crippen molar-refractivity contribution in [2.24, 2.45) is 0 Å². The fourth-order valence-corrected chi connectivity index (χ4v) is 5.62. The molecule has 1 aliphatic carbocycles. The highest BCUT2D eigenvalue weighted by Crippen LogP contribution is 2.44. The van der Waals surface area contributed by atoms with E-state index in [9.17, 15) is 14.7 Å². The molecule has 2 N–H and O–H groups in total. The molecule has 1 amide bonds. The number of alkyl carbamates (subject to hydrolysis) is 1. The molecule has 0 saturated carbocycles. The van der Waals surface area contributed by atoms with Gasteiger partial charge in [0.1, 0.15) is 17.8 Å². The fourth-order valence-electron chi connectivity index (χ4n) is 5.51. The second-order valence-corrected chi connectivity index (χ2v) is 9.62. The number of aliphatic carboxylic acids is 1. The molecule has 2 atom stereocenters. The summed E-state index contributed by atoms with van der Waals surface area (Å²) in [5, 5.41) is 13.1. The highest BCUT2D eigenvalue weighted by molar-refractivity contribution is 6.29. The summed E-state index contributed by atoms with van der Waals surface area (Å²) in [6.45, 7) is 1.92. The number of likely N-dealkylation sites (tertiary alicyclic amines) is 1. The molecule has 0 spiro atoms. The van der Waals surface area contributed by atoms with Crippen molar-refractivity contribution in [3.63, 3.8) is 0 Å². The molecular formula is C28H28ClN3O4. The van der Waals surface area contributed by atoms with Crippen LogP contribution in [0.3, 0.4) is 0 Å². The lowest BCUT2D eigenvalue weighted by Gasteiger charge is -2.24. The topological polar surface area (TPSA) is 91.8 Å². The summed E-state index contributed by atoms with van der Waals surface area (Å²) in [6.07, 6.45) is 2.56. The van der Waals surface area contributed by atoms with Crippen LogP contribution in [0.25, 0.3) is 11.1 Å². The Labute approximate surface area is 215 Å². The number of pyridine rings is 1. The first-order valence-corrected chi connectivity index (χ1v) is 12.6. The average Bonchev–Trinajstić information content (AvgIpc) is 3.45. The number of fused-ring (bicyclic) bond motifs is 3. The van der Waals surface area contributed by atoms with E-state index < -0.39 is 18.1 Å². The molecule has 3 aromatic rings. The predicted molar refractivity (Wildman–Crippen MR) is 137 cm³/mol. The zero-order valence-electron chi connectivity index (χ0n) is 19.8. The molecule has 1 aromatic heterocycles. The van der Waals surface area contributed by atoms with Crippen LogP contribution >= 0.6 is 11.6 Å². The summed E-state index contributed by atoms with van der Waals surface area (Å²) in [4.78, 5) is 30.5. The Kier molecular flexibility index (Phi) is 7.20. The smallest absolute Gasteiger partial charge is 0.407 e. The number of nitrogens with one attached hydrogen (secondary N) is 1. The fraction of sp³-hybridized carbons (Fsp3) is 0.321. The van der Waals surface area contributed by atoms with E-state index in [-0.39, 0.29) is 18.4 Å². The summed E-state index contributed by atoms with van der Waals surface area (Å²) >= 11 is 5.88. The molecule has 2 heterocycles. The molecule has 186 valence electrons. The Morgan fingerprint density at radius 3 is 2.39 bits per heavy atom. The summed E-state index contributed by atoms with van der Waals surface area (Å²) < 4.78 is 5.58. The Morgan fingerprint density at radius 1 is 1.06 bits per heavy atom. The van der Waals surface area contributed by atoms with Crippen LogP contribution in [0, 0.1) is 0 Å². The van der Waals surface area contributed by atoms with Gasteiger partial charge in [0.15, 0.2) is 0 Å². The molecule has 0 unspecified atom stereocenters. The minimum Gasteiger partial charge on any atom is -0.480 e. The van der Waals surface area contributed by atoms with Crippen LogP contribution in [-0.2, 0) is 9.53 Å². The van der Waals surface area contributed by atoms with E-state index in [1.165, 1.54) is 22.3 Å². The van der Waals surface area contributed by atoms with E-state index in [0.29, 0.717) is 31.2 Å². The van der Waals surface area contributed by atoms with Crippen LogP contribution in [-0.4, -0.2) is 59.3 Å². The Hall–Kier alpha value is -3.42. The van der Waals surface area contributed by atoms with Crippen LogP contribution in [0.5, 0.6) is 0 Å². The lowest BCUT2D eigenvalue weighted by atomic mass is 9.93. The second-order valence-electron chi connectivity index (χ2n) is 9.23. The lowest BCUT2D eigenvalue weighted by molar-refractivity contribution is -0.142. The van der Waals surface area contributed by atoms with Crippen molar-refractivity contribution >= 4 is 23.7 Å². The maximum atomic E-state index is 12.4. The van der Waals surface area contributed by atoms with Gasteiger partial charge in [-0.05, 0) is 53.3 Å². The van der Waals surface area contributed by atoms with Crippen molar-refractivity contribution in [3.8, 4) is 11.1 Å². The zero-order valence-corrected chi connectivity index (χ0v) is 20.5. The maximum Gasteiger partial charge on any atom is 0.407 e. The number of carboxylic acid groups (broad SMARTS) is 1. The first kappa shape index (κ1) is 24.3. The van der Waals surface area contributed by atoms with Crippen molar-refractivity contribution in [3.05, 3.63) is 88.7 Å². The number of carbonyl (C=O) groups is 2. The van der Waals surface area contributed by atoms with E-state index in [1.54, 1.807) is 12.3 Å². The number of rotatable bonds is 8. The van der Waals surface area contributed by atoms with Crippen molar-refractivity contribution in [2.75, 3.05) is 26.2 Å². The van der Waals surface area contributed by atoms with Crippen molar-refractivity contribution in [2.45, 2.75) is 30.7 Å². The van der Waals surface area contributed by atoms with E-state index in [2.05, 4.69) is 34.6 Å². The molecule has 2 aliphatic rings. The summed E-state index contributed by atoms with van der Waals surface area (Å²) in [7, 11) is 0. The third kappa shape index (κ3) is 4.94. The molecule has 1 fully saturated rings. The highest BCUT2D eigenvalue weighted by atomic mass is 35.5. The first-order chi connectivity index (χ1) is 17.5. The van der Waals surface area contributed by atoms with Gasteiger partial charge in [0.2, 0.25) is 0 Å². The number of hydrogen-bond acceptors (Lipinski definition) is 5. The van der Waals surface area contributed by atoms with Crippen molar-refractivity contribution in [1.29, 1.82) is 0 Å². The molecule has 1 aliphatic heterocycles. The van der Waals surface area contributed by atoms with Crippen LogP contribution in [0.15, 0.2) is 66.9 Å². The van der Waals surface area contributed by atoms with E-state index in [4.69, 9.17) is 16.3 Å². The molecular weight excluding hydrogens is 478 g/mol. The van der Waals surface area contributed by atoms with Gasteiger partial charge in [-0.3, -0.25) is 9.69 Å². The van der Waals surface area contributed by atoms with Gasteiger partial charge in [-0.15, -0.1) is 0 Å². The number of amides is 1. The Balaban J connectivity index is 1.10. The van der Waals surface area contributed by atoms with Gasteiger partial charge in [-0.25, -0.2) is 9.78 Å². The number of carbonyl (C=O) groups excluding carboxylic acids is 1. The second kappa shape index (κ2) is 10.7. The van der Waals surface area contributed by atoms with Crippen LogP contribution in [0.4, 0.5) is 4.79 Å². The number of ether oxygens (including phenoxy) is 1. The zero-order chi connectivity index (χ0) is 25.1. The van der Waals surface area contributed by atoms with Gasteiger partial charge in [-0.2, -0.15) is 0 Å². The van der Waals surface area contributed by atoms with E-state index in [1.807, 2.05) is 35.2 Å². The normalized spacial score (nSPS) is 19.0. The van der Waals surface area contributed by atoms with Gasteiger partial charge < -0.3 is 15.2 Å². The largest absolute Gasteiger partial charge is 0.480 e. The minimum atomic E-state index is -0.850. The summed E-state index contributed by atoms with van der Waals surface area (Å²) in [6, 6.07) is 19.4. The Morgan fingerprint density at radius 2 is 1.75 bits per heavy atom. The number of carboxylic acids is 1. The SMILES string of the molecule is O=C(NCCCN1CC[C@H](c2ccc(Cl)nc2)[C@@H]1C(=O)O)OCC1c2ccccc2-c2ccccc21. The van der Waals surface area contributed by atoms with Gasteiger partial charge in [0.05, 0.1) is 0 Å². The average molecular weight is 506 g/mol. The summed E-state index contributed by atoms with van der Waals surface area (Å²) in [5.74, 6) is -0.970. The standard InChI is InChI=1S/C28H28ClN3O4/c29-25-11-10-18(16-31-25)19-12-15-32(26(19)27(33)34)14-5-13-30-28(35)36-17-24-22-8-3-1-6-20(22)21-7-2-4-9-23(21)24/h1-4,6-11,16,19,24,26H,5,12-15,17H2,(H,30,35)(H,33,34)/t19-,26-/m1/s1. The molecule has 5 rings (SSSR count). The molecule has 8 heteroatoms. The van der Waals surface area contributed by atoms with Gasteiger partial charge >= 0.3 is 12.1 Å².